The molecule has 0 heterocycles. The van der Waals surface area contributed by atoms with Crippen LogP contribution in [0.2, 0.25) is 0 Å². The molecule has 1 aromatic carbocycles. The minimum Gasteiger partial charge on any atom is -0.479 e. The molecule has 0 aliphatic heterocycles. The van der Waals surface area contributed by atoms with Gasteiger partial charge in [0.05, 0.1) is 0 Å². The van der Waals surface area contributed by atoms with E-state index in [-0.39, 0.29) is 27.3 Å². The van der Waals surface area contributed by atoms with Crippen LogP contribution in [-0.4, -0.2) is 43.5 Å². The summed E-state index contributed by atoms with van der Waals surface area (Å²) in [6.45, 7) is 0. The van der Waals surface area contributed by atoms with E-state index in [1.165, 1.54) is 0 Å². The molecule has 0 aliphatic rings. The summed E-state index contributed by atoms with van der Waals surface area (Å²) in [5.74, 6) is -1.23. The van der Waals surface area contributed by atoms with Crippen molar-refractivity contribution in [1.82, 2.24) is 0 Å². The molecule has 4 radical (unpaired) electrons. The van der Waals surface area contributed by atoms with Gasteiger partial charge in [-0.3, -0.25) is 0 Å². The molecule has 1 aromatic rings. The van der Waals surface area contributed by atoms with Gasteiger partial charge in [-0.2, -0.15) is 0 Å². The fourth-order valence-electron chi connectivity index (χ4n) is 0.778. The van der Waals surface area contributed by atoms with E-state index in [4.69, 9.17) is 10.2 Å². The molecule has 12 heavy (non-hydrogen) atoms. The Morgan fingerprint density at radius 2 is 1.75 bits per heavy atom. The second-order valence-corrected chi connectivity index (χ2v) is 2.15. The van der Waals surface area contributed by atoms with E-state index in [9.17, 15) is 4.79 Å². The van der Waals surface area contributed by atoms with Crippen LogP contribution in [0.15, 0.2) is 30.3 Å². The first kappa shape index (κ1) is 11.6. The zero-order valence-electron chi connectivity index (χ0n) is 6.27. The number of carbonyl (C=O) groups is 1. The first-order chi connectivity index (χ1) is 5.22. The van der Waals surface area contributed by atoms with Gasteiger partial charge in [0.1, 0.15) is 0 Å². The van der Waals surface area contributed by atoms with Crippen LogP contribution in [0, 0.1) is 0 Å². The summed E-state index contributed by atoms with van der Waals surface area (Å²) in [6, 6.07) is 8.26. The average Bonchev–Trinajstić information content (AvgIpc) is 2.05. The van der Waals surface area contributed by atoms with Crippen LogP contribution in [0.3, 0.4) is 0 Å². The Hall–Kier alpha value is -0.428. The molecule has 1 unspecified atom stereocenters. The van der Waals surface area contributed by atoms with Crippen LogP contribution < -0.4 is 0 Å². The zero-order valence-corrected chi connectivity index (χ0v) is 10.2. The minimum atomic E-state index is -1.41. The van der Waals surface area contributed by atoms with E-state index < -0.39 is 12.1 Å². The first-order valence-electron chi connectivity index (χ1n) is 3.17. The van der Waals surface area contributed by atoms with Crippen molar-refractivity contribution in [3.05, 3.63) is 35.9 Å². The molecule has 0 saturated carbocycles. The van der Waals surface area contributed by atoms with Crippen LogP contribution in [0.5, 0.6) is 0 Å². The molecule has 0 fully saturated rings. The van der Waals surface area contributed by atoms with Gasteiger partial charge in [-0.05, 0) is 5.56 Å². The summed E-state index contributed by atoms with van der Waals surface area (Å²) in [6.07, 6.45) is -1.41. The fourth-order valence-corrected chi connectivity index (χ4v) is 0.778. The van der Waals surface area contributed by atoms with E-state index in [0.717, 1.165) is 0 Å². The molecule has 0 spiro atoms. The van der Waals surface area contributed by atoms with Gasteiger partial charge >= 0.3 is 5.97 Å². The fraction of sp³-hybridized carbons (Fsp3) is 0.125. The molecule has 0 saturated heterocycles. The molecular weight excluding hydrogens is 351 g/mol. The largest absolute Gasteiger partial charge is 0.479 e. The summed E-state index contributed by atoms with van der Waals surface area (Å²) < 4.78 is 0. The second-order valence-electron chi connectivity index (χ2n) is 2.15. The minimum absolute atomic E-state index is 0. The number of carboxylic acids is 1. The number of rotatable bonds is 2. The third kappa shape index (κ3) is 2.90. The van der Waals surface area contributed by atoms with Crippen LogP contribution >= 0.6 is 0 Å². The van der Waals surface area contributed by atoms with Gasteiger partial charge in [0, 0.05) is 27.3 Å². The summed E-state index contributed by atoms with van der Waals surface area (Å²) in [5.41, 5.74) is 0.403. The van der Waals surface area contributed by atoms with Gasteiger partial charge in [0.15, 0.2) is 6.10 Å². The van der Waals surface area contributed by atoms with Crippen molar-refractivity contribution in [2.45, 2.75) is 6.10 Å². The molecule has 2 N–H and O–H groups in total. The van der Waals surface area contributed by atoms with E-state index >= 15 is 0 Å². The molecule has 1 atom stereocenters. The number of aliphatic carboxylic acids is 1. The van der Waals surface area contributed by atoms with Gasteiger partial charge in [-0.25, -0.2) is 4.79 Å². The standard InChI is InChI=1S/C8H8O3.Pb/c9-7(8(10)11)6-4-2-1-3-5-6;/h1-5,7,9H,(H,10,11);. The second kappa shape index (κ2) is 5.26. The van der Waals surface area contributed by atoms with Crippen molar-refractivity contribution in [3.8, 4) is 0 Å². The molecule has 0 aromatic heterocycles. The topological polar surface area (TPSA) is 57.5 Å². The van der Waals surface area contributed by atoms with Crippen molar-refractivity contribution < 1.29 is 15.0 Å². The Kier molecular flexibility index (Phi) is 5.07. The Bertz CT molecular complexity index is 248. The predicted octanol–water partition coefficient (Wildman–Crippen LogP) is 0.424. The maximum absolute atomic E-state index is 10.2. The number of aliphatic hydroxyl groups excluding tert-OH is 1. The van der Waals surface area contributed by atoms with E-state index in [0.29, 0.717) is 5.56 Å². The Morgan fingerprint density at radius 3 is 2.17 bits per heavy atom. The van der Waals surface area contributed by atoms with E-state index in [1.54, 1.807) is 30.3 Å². The van der Waals surface area contributed by atoms with Crippen molar-refractivity contribution >= 4 is 33.3 Å². The third-order valence-electron chi connectivity index (χ3n) is 1.35. The van der Waals surface area contributed by atoms with Gasteiger partial charge in [-0.1, -0.05) is 30.3 Å². The quantitative estimate of drug-likeness (QED) is 0.753. The predicted molar refractivity (Wildman–Crippen MR) is 44.8 cm³/mol. The van der Waals surface area contributed by atoms with Crippen LogP contribution in [0.25, 0.3) is 0 Å². The van der Waals surface area contributed by atoms with Crippen molar-refractivity contribution in [2.75, 3.05) is 0 Å². The summed E-state index contributed by atoms with van der Waals surface area (Å²) >= 11 is 0. The van der Waals surface area contributed by atoms with Gasteiger partial charge in [0.2, 0.25) is 0 Å². The molecular formula is C8H8O3Pb. The maximum atomic E-state index is 10.2. The summed E-state index contributed by atoms with van der Waals surface area (Å²) in [7, 11) is 0. The van der Waals surface area contributed by atoms with E-state index in [1.807, 2.05) is 0 Å². The van der Waals surface area contributed by atoms with Crippen molar-refractivity contribution in [1.29, 1.82) is 0 Å². The summed E-state index contributed by atoms with van der Waals surface area (Å²) in [4.78, 5) is 10.2. The van der Waals surface area contributed by atoms with Crippen molar-refractivity contribution in [3.63, 3.8) is 0 Å². The Morgan fingerprint density at radius 1 is 1.25 bits per heavy atom. The SMILES string of the molecule is O=C(O)C(O)c1ccccc1.[Pb]. The Labute approximate surface area is 90.2 Å². The molecule has 0 bridgehead atoms. The van der Waals surface area contributed by atoms with E-state index in [2.05, 4.69) is 0 Å². The number of benzene rings is 1. The normalized spacial score (nSPS) is 11.4. The third-order valence-corrected chi connectivity index (χ3v) is 1.35. The molecule has 0 aliphatic carbocycles. The first-order valence-corrected chi connectivity index (χ1v) is 3.17. The molecule has 62 valence electrons. The molecule has 3 nitrogen and oxygen atoms in total. The number of hydrogen-bond acceptors (Lipinski definition) is 2. The average molecular weight is 359 g/mol. The van der Waals surface area contributed by atoms with Crippen LogP contribution in [0.1, 0.15) is 11.7 Å². The van der Waals surface area contributed by atoms with Crippen LogP contribution in [-0.2, 0) is 4.79 Å². The van der Waals surface area contributed by atoms with Crippen molar-refractivity contribution in [2.24, 2.45) is 0 Å². The monoisotopic (exact) mass is 360 g/mol. The number of aliphatic hydroxyl groups is 1. The van der Waals surface area contributed by atoms with Gasteiger partial charge in [-0.15, -0.1) is 0 Å². The summed E-state index contributed by atoms with van der Waals surface area (Å²) in [5, 5.41) is 17.4. The maximum Gasteiger partial charge on any atom is 0.337 e. The smallest absolute Gasteiger partial charge is 0.337 e. The molecule has 1 rings (SSSR count). The van der Waals surface area contributed by atoms with Gasteiger partial charge < -0.3 is 10.2 Å². The van der Waals surface area contributed by atoms with Crippen LogP contribution in [0.4, 0.5) is 0 Å². The molecule has 4 heteroatoms. The number of hydrogen-bond donors (Lipinski definition) is 2. The molecule has 0 amide bonds. The van der Waals surface area contributed by atoms with Gasteiger partial charge in [0.25, 0.3) is 0 Å². The number of carboxylic acid groups (broad SMARTS) is 1. The zero-order chi connectivity index (χ0) is 8.27. The Balaban J connectivity index is 0.00000121.